The van der Waals surface area contributed by atoms with Gasteiger partial charge >= 0.3 is 5.97 Å². The summed E-state index contributed by atoms with van der Waals surface area (Å²) in [6, 6.07) is 3.25. The first-order valence-corrected chi connectivity index (χ1v) is 4.15. The van der Waals surface area contributed by atoms with Crippen LogP contribution in [0.1, 0.15) is 17.2 Å². The molecule has 3 nitrogen and oxygen atoms in total. The maximum atomic E-state index is 12.7. The number of nitrogens with two attached hydrogens (primary N) is 1. The minimum absolute atomic E-state index is 0. The molecule has 0 unspecified atom stereocenters. The summed E-state index contributed by atoms with van der Waals surface area (Å²) in [6.07, 6.45) is 0. The van der Waals surface area contributed by atoms with Crippen molar-refractivity contribution in [2.24, 2.45) is 5.73 Å². The molecule has 0 saturated heterocycles. The number of benzene rings is 1. The highest BCUT2D eigenvalue weighted by Crippen LogP contribution is 2.17. The average Bonchev–Trinajstić information content (AvgIpc) is 2.15. The Kier molecular flexibility index (Phi) is 5.25. The standard InChI is InChI=1S/C10H12FNO2.ClH/c1-6-5-7(11)3-4-8(6)9(12)10(13)14-2;/h3-5,9H,12H2,1-2H3;1H/t9-;/m1./s1. The number of aryl methyl sites for hydroxylation is 1. The van der Waals surface area contributed by atoms with Gasteiger partial charge in [-0.1, -0.05) is 6.07 Å². The molecule has 0 aromatic heterocycles. The maximum Gasteiger partial charge on any atom is 0.327 e. The van der Waals surface area contributed by atoms with E-state index in [4.69, 9.17) is 5.73 Å². The zero-order chi connectivity index (χ0) is 10.7. The van der Waals surface area contributed by atoms with Gasteiger partial charge in [-0.25, -0.2) is 4.39 Å². The minimum atomic E-state index is -0.847. The molecule has 1 aromatic carbocycles. The smallest absolute Gasteiger partial charge is 0.327 e. The minimum Gasteiger partial charge on any atom is -0.468 e. The summed E-state index contributed by atoms with van der Waals surface area (Å²) in [5.74, 6) is -0.872. The van der Waals surface area contributed by atoms with Gasteiger partial charge in [-0.15, -0.1) is 12.4 Å². The molecule has 0 fully saturated rings. The lowest BCUT2D eigenvalue weighted by Gasteiger charge is -2.12. The van der Waals surface area contributed by atoms with Gasteiger partial charge in [0.15, 0.2) is 0 Å². The van der Waals surface area contributed by atoms with E-state index in [1.54, 1.807) is 6.92 Å². The fraction of sp³-hybridized carbons (Fsp3) is 0.300. The predicted octanol–water partition coefficient (Wildman–Crippen LogP) is 1.73. The average molecular weight is 234 g/mol. The van der Waals surface area contributed by atoms with Gasteiger partial charge in [0.05, 0.1) is 7.11 Å². The molecule has 0 aliphatic heterocycles. The van der Waals surface area contributed by atoms with Gasteiger partial charge in [0, 0.05) is 0 Å². The zero-order valence-corrected chi connectivity index (χ0v) is 9.31. The first kappa shape index (κ1) is 13.9. The third-order valence-corrected chi connectivity index (χ3v) is 2.02. The quantitative estimate of drug-likeness (QED) is 0.792. The Morgan fingerprint density at radius 2 is 2.13 bits per heavy atom. The Balaban J connectivity index is 0.00000196. The predicted molar refractivity (Wildman–Crippen MR) is 57.3 cm³/mol. The molecule has 84 valence electrons. The monoisotopic (exact) mass is 233 g/mol. The third-order valence-electron chi connectivity index (χ3n) is 2.02. The highest BCUT2D eigenvalue weighted by Gasteiger charge is 2.17. The van der Waals surface area contributed by atoms with Crippen molar-refractivity contribution in [1.82, 2.24) is 0 Å². The van der Waals surface area contributed by atoms with E-state index in [-0.39, 0.29) is 18.2 Å². The van der Waals surface area contributed by atoms with Crippen LogP contribution in [0.25, 0.3) is 0 Å². The van der Waals surface area contributed by atoms with Crippen LogP contribution in [0.3, 0.4) is 0 Å². The summed E-state index contributed by atoms with van der Waals surface area (Å²) in [4.78, 5) is 11.1. The molecule has 0 amide bonds. The van der Waals surface area contributed by atoms with Gasteiger partial charge in [0.1, 0.15) is 11.9 Å². The van der Waals surface area contributed by atoms with Crippen LogP contribution < -0.4 is 5.73 Å². The normalized spacial score (nSPS) is 11.5. The van der Waals surface area contributed by atoms with E-state index < -0.39 is 12.0 Å². The number of hydrogen-bond donors (Lipinski definition) is 1. The van der Waals surface area contributed by atoms with Crippen molar-refractivity contribution in [1.29, 1.82) is 0 Å². The van der Waals surface area contributed by atoms with E-state index in [9.17, 15) is 9.18 Å². The van der Waals surface area contributed by atoms with E-state index in [0.29, 0.717) is 11.1 Å². The Morgan fingerprint density at radius 3 is 2.60 bits per heavy atom. The lowest BCUT2D eigenvalue weighted by molar-refractivity contribution is -0.142. The molecule has 2 N–H and O–H groups in total. The van der Waals surface area contributed by atoms with Crippen LogP contribution in [0.5, 0.6) is 0 Å². The third kappa shape index (κ3) is 3.18. The number of halogens is 2. The number of carbonyl (C=O) groups is 1. The Labute approximate surface area is 93.8 Å². The van der Waals surface area contributed by atoms with Crippen LogP contribution in [0.15, 0.2) is 18.2 Å². The summed E-state index contributed by atoms with van der Waals surface area (Å²) in [5.41, 5.74) is 6.83. The Morgan fingerprint density at radius 1 is 1.53 bits per heavy atom. The molecule has 5 heteroatoms. The first-order valence-electron chi connectivity index (χ1n) is 4.15. The van der Waals surface area contributed by atoms with E-state index in [1.165, 1.54) is 25.3 Å². The topological polar surface area (TPSA) is 52.3 Å². The molecule has 15 heavy (non-hydrogen) atoms. The van der Waals surface area contributed by atoms with Crippen molar-refractivity contribution < 1.29 is 13.9 Å². The van der Waals surface area contributed by atoms with Gasteiger partial charge < -0.3 is 10.5 Å². The highest BCUT2D eigenvalue weighted by molar-refractivity contribution is 5.85. The van der Waals surface area contributed by atoms with Crippen LogP contribution in [0, 0.1) is 12.7 Å². The van der Waals surface area contributed by atoms with Crippen molar-refractivity contribution in [3.8, 4) is 0 Å². The Bertz CT molecular complexity index is 357. The van der Waals surface area contributed by atoms with Gasteiger partial charge in [0.2, 0.25) is 0 Å². The summed E-state index contributed by atoms with van der Waals surface area (Å²) >= 11 is 0. The van der Waals surface area contributed by atoms with Gasteiger partial charge in [-0.05, 0) is 30.2 Å². The fourth-order valence-electron chi connectivity index (χ4n) is 1.24. The van der Waals surface area contributed by atoms with Gasteiger partial charge in [-0.2, -0.15) is 0 Å². The van der Waals surface area contributed by atoms with Crippen LogP contribution >= 0.6 is 12.4 Å². The molecular formula is C10H13ClFNO2. The van der Waals surface area contributed by atoms with Crippen LogP contribution in [0.2, 0.25) is 0 Å². The van der Waals surface area contributed by atoms with Crippen molar-refractivity contribution in [3.63, 3.8) is 0 Å². The first-order chi connectivity index (χ1) is 6.56. The summed E-state index contributed by atoms with van der Waals surface area (Å²) in [5, 5.41) is 0. The van der Waals surface area contributed by atoms with Crippen LogP contribution in [0.4, 0.5) is 4.39 Å². The van der Waals surface area contributed by atoms with Crippen LogP contribution in [-0.2, 0) is 9.53 Å². The van der Waals surface area contributed by atoms with E-state index in [2.05, 4.69) is 4.74 Å². The molecule has 0 heterocycles. The second-order valence-electron chi connectivity index (χ2n) is 3.00. The molecule has 1 atom stereocenters. The van der Waals surface area contributed by atoms with Crippen molar-refractivity contribution in [2.45, 2.75) is 13.0 Å². The number of rotatable bonds is 2. The summed E-state index contributed by atoms with van der Waals surface area (Å²) < 4.78 is 17.2. The SMILES string of the molecule is COC(=O)[C@H](N)c1ccc(F)cc1C.Cl. The number of ether oxygens (including phenoxy) is 1. The van der Waals surface area contributed by atoms with E-state index in [0.717, 1.165) is 0 Å². The largest absolute Gasteiger partial charge is 0.468 e. The summed E-state index contributed by atoms with van der Waals surface area (Å²) in [6.45, 7) is 1.70. The fourth-order valence-corrected chi connectivity index (χ4v) is 1.24. The molecule has 0 saturated carbocycles. The second-order valence-corrected chi connectivity index (χ2v) is 3.00. The van der Waals surface area contributed by atoms with Crippen molar-refractivity contribution in [3.05, 3.63) is 35.1 Å². The molecule has 1 aromatic rings. The molecule has 0 spiro atoms. The summed E-state index contributed by atoms with van der Waals surface area (Å²) in [7, 11) is 1.26. The molecule has 0 radical (unpaired) electrons. The highest BCUT2D eigenvalue weighted by atomic mass is 35.5. The number of carbonyl (C=O) groups excluding carboxylic acids is 1. The molecule has 1 rings (SSSR count). The van der Waals surface area contributed by atoms with Gasteiger partial charge in [0.25, 0.3) is 0 Å². The van der Waals surface area contributed by atoms with E-state index >= 15 is 0 Å². The number of hydrogen-bond acceptors (Lipinski definition) is 3. The van der Waals surface area contributed by atoms with Crippen LogP contribution in [-0.4, -0.2) is 13.1 Å². The number of esters is 1. The number of methoxy groups -OCH3 is 1. The second kappa shape index (κ2) is 5.68. The van der Waals surface area contributed by atoms with Crippen molar-refractivity contribution in [2.75, 3.05) is 7.11 Å². The molecular weight excluding hydrogens is 221 g/mol. The Hall–Kier alpha value is -1.13. The van der Waals surface area contributed by atoms with Gasteiger partial charge in [-0.3, -0.25) is 4.79 Å². The lowest BCUT2D eigenvalue weighted by Crippen LogP contribution is -2.23. The molecule has 0 aliphatic carbocycles. The maximum absolute atomic E-state index is 12.7. The molecule has 0 aliphatic rings. The molecule has 0 bridgehead atoms. The lowest BCUT2D eigenvalue weighted by atomic mass is 10.0. The zero-order valence-electron chi connectivity index (χ0n) is 8.49. The van der Waals surface area contributed by atoms with E-state index in [1.807, 2.05) is 0 Å². The van der Waals surface area contributed by atoms with Crippen molar-refractivity contribution >= 4 is 18.4 Å².